The maximum Gasteiger partial charge on any atom is 0.287 e. The molecule has 2 aromatic carbocycles. The number of thioether (sulfide) groups is 1. The van der Waals surface area contributed by atoms with Crippen LogP contribution in [0.3, 0.4) is 0 Å². The Morgan fingerprint density at radius 3 is 3.04 bits per heavy atom. The van der Waals surface area contributed by atoms with Gasteiger partial charge in [-0.3, -0.25) is 4.79 Å². The molecule has 6 heteroatoms. The van der Waals surface area contributed by atoms with Gasteiger partial charge in [-0.05, 0) is 42.3 Å². The molecule has 0 aliphatic carbocycles. The first kappa shape index (κ1) is 15.5. The van der Waals surface area contributed by atoms with E-state index in [0.29, 0.717) is 15.5 Å². The number of amides is 1. The Balaban J connectivity index is 1.61. The van der Waals surface area contributed by atoms with Crippen LogP contribution in [0.1, 0.15) is 28.6 Å². The molecule has 0 saturated carbocycles. The summed E-state index contributed by atoms with van der Waals surface area (Å²) in [5.74, 6) is 0.432. The fraction of sp³-hybridized carbons (Fsp3) is 0.167. The Hall–Kier alpha value is -1.98. The van der Waals surface area contributed by atoms with Gasteiger partial charge in [0.05, 0.1) is 6.04 Å². The Bertz CT molecular complexity index is 940. The molecule has 3 nitrogen and oxygen atoms in total. The smallest absolute Gasteiger partial charge is 0.287 e. The van der Waals surface area contributed by atoms with E-state index in [-0.39, 0.29) is 23.5 Å². The van der Waals surface area contributed by atoms with E-state index in [1.807, 2.05) is 6.07 Å². The van der Waals surface area contributed by atoms with E-state index < -0.39 is 0 Å². The summed E-state index contributed by atoms with van der Waals surface area (Å²) in [4.78, 5) is 13.1. The number of halogens is 2. The van der Waals surface area contributed by atoms with Crippen LogP contribution in [-0.2, 0) is 0 Å². The number of furan rings is 1. The molecule has 1 amide bonds. The largest absolute Gasteiger partial charge is 0.451 e. The van der Waals surface area contributed by atoms with Crippen molar-refractivity contribution in [1.82, 2.24) is 5.32 Å². The maximum atomic E-state index is 13.9. The molecule has 1 aliphatic rings. The van der Waals surface area contributed by atoms with Crippen molar-refractivity contribution in [3.05, 3.63) is 64.6 Å². The van der Waals surface area contributed by atoms with Crippen LogP contribution >= 0.6 is 23.4 Å². The average Bonchev–Trinajstić information content (AvgIpc) is 2.99. The van der Waals surface area contributed by atoms with Gasteiger partial charge in [-0.15, -0.1) is 11.8 Å². The van der Waals surface area contributed by atoms with Crippen molar-refractivity contribution < 1.29 is 13.6 Å². The van der Waals surface area contributed by atoms with Gasteiger partial charge in [-0.1, -0.05) is 23.7 Å². The quantitative estimate of drug-likeness (QED) is 0.682. The van der Waals surface area contributed by atoms with E-state index in [1.54, 1.807) is 30.3 Å². The number of fused-ring (bicyclic) bond motifs is 2. The first-order valence-corrected chi connectivity index (χ1v) is 8.89. The normalized spacial score (nSPS) is 16.8. The number of carbonyl (C=O) groups is 1. The van der Waals surface area contributed by atoms with Crippen molar-refractivity contribution in [2.75, 3.05) is 5.75 Å². The van der Waals surface area contributed by atoms with E-state index in [4.69, 9.17) is 16.0 Å². The van der Waals surface area contributed by atoms with Gasteiger partial charge < -0.3 is 9.73 Å². The minimum Gasteiger partial charge on any atom is -0.451 e. The number of benzene rings is 2. The van der Waals surface area contributed by atoms with E-state index in [1.165, 1.54) is 17.8 Å². The number of carbonyl (C=O) groups excluding carboxylic acids is 1. The number of hydrogen-bond donors (Lipinski definition) is 1. The van der Waals surface area contributed by atoms with Gasteiger partial charge in [-0.25, -0.2) is 4.39 Å². The predicted molar refractivity (Wildman–Crippen MR) is 93.2 cm³/mol. The first-order valence-electron chi connectivity index (χ1n) is 7.53. The lowest BCUT2D eigenvalue weighted by atomic mass is 10.0. The first-order chi connectivity index (χ1) is 11.6. The van der Waals surface area contributed by atoms with E-state index in [9.17, 15) is 9.18 Å². The molecule has 4 rings (SSSR count). The second kappa shape index (κ2) is 6.15. The third kappa shape index (κ3) is 2.78. The molecule has 0 bridgehead atoms. The van der Waals surface area contributed by atoms with Crippen LogP contribution in [0.4, 0.5) is 4.39 Å². The SMILES string of the molecule is O=C(NC1CCSc2c(F)cccc21)c1cc2cc(Cl)ccc2o1. The Morgan fingerprint density at radius 1 is 1.29 bits per heavy atom. The summed E-state index contributed by atoms with van der Waals surface area (Å²) in [5.41, 5.74) is 1.42. The molecule has 24 heavy (non-hydrogen) atoms. The monoisotopic (exact) mass is 361 g/mol. The van der Waals surface area contributed by atoms with Gasteiger partial charge in [0.1, 0.15) is 11.4 Å². The zero-order chi connectivity index (χ0) is 16.7. The predicted octanol–water partition coefficient (Wildman–Crippen LogP) is 5.19. The minimum absolute atomic E-state index is 0.221. The summed E-state index contributed by atoms with van der Waals surface area (Å²) in [6.07, 6.45) is 0.749. The standard InChI is InChI=1S/C18H13ClFNO2S/c19-11-4-5-15-10(8-11)9-16(23-15)18(22)21-14-6-7-24-17-12(14)2-1-3-13(17)20/h1-5,8-9,14H,6-7H2,(H,21,22). The Kier molecular flexibility index (Phi) is 3.98. The molecule has 0 fully saturated rings. The van der Waals surface area contributed by atoms with Crippen LogP contribution in [0.15, 0.2) is 51.8 Å². The number of hydrogen-bond acceptors (Lipinski definition) is 3. The van der Waals surface area contributed by atoms with Gasteiger partial charge in [0, 0.05) is 21.1 Å². The lowest BCUT2D eigenvalue weighted by Gasteiger charge is -2.25. The Morgan fingerprint density at radius 2 is 2.17 bits per heavy atom. The molecule has 1 atom stereocenters. The minimum atomic E-state index is -0.311. The van der Waals surface area contributed by atoms with Crippen LogP contribution < -0.4 is 5.32 Å². The summed E-state index contributed by atoms with van der Waals surface area (Å²) >= 11 is 7.44. The van der Waals surface area contributed by atoms with Crippen molar-refractivity contribution in [3.8, 4) is 0 Å². The third-order valence-electron chi connectivity index (χ3n) is 4.03. The van der Waals surface area contributed by atoms with Gasteiger partial charge in [0.25, 0.3) is 5.91 Å². The summed E-state index contributed by atoms with van der Waals surface area (Å²) < 4.78 is 19.5. The second-order valence-electron chi connectivity index (χ2n) is 5.61. The van der Waals surface area contributed by atoms with Gasteiger partial charge in [0.2, 0.25) is 0 Å². The van der Waals surface area contributed by atoms with Crippen molar-refractivity contribution in [2.24, 2.45) is 0 Å². The third-order valence-corrected chi connectivity index (χ3v) is 5.43. The van der Waals surface area contributed by atoms with Crippen molar-refractivity contribution in [1.29, 1.82) is 0 Å². The van der Waals surface area contributed by atoms with Crippen molar-refractivity contribution in [3.63, 3.8) is 0 Å². The van der Waals surface area contributed by atoms with E-state index >= 15 is 0 Å². The topological polar surface area (TPSA) is 42.2 Å². The van der Waals surface area contributed by atoms with E-state index in [2.05, 4.69) is 5.32 Å². The van der Waals surface area contributed by atoms with E-state index in [0.717, 1.165) is 23.1 Å². The molecular formula is C18H13ClFNO2S. The molecular weight excluding hydrogens is 349 g/mol. The molecule has 1 aliphatic heterocycles. The zero-order valence-electron chi connectivity index (χ0n) is 12.5. The summed E-state index contributed by atoms with van der Waals surface area (Å²) in [6.45, 7) is 0. The van der Waals surface area contributed by atoms with Gasteiger partial charge >= 0.3 is 0 Å². The lowest BCUT2D eigenvalue weighted by Crippen LogP contribution is -2.30. The highest BCUT2D eigenvalue weighted by molar-refractivity contribution is 7.99. The molecule has 2 heterocycles. The van der Waals surface area contributed by atoms with Crippen LogP contribution in [0.25, 0.3) is 11.0 Å². The fourth-order valence-electron chi connectivity index (χ4n) is 2.89. The molecule has 1 N–H and O–H groups in total. The Labute approximate surface area is 147 Å². The number of nitrogens with one attached hydrogen (secondary N) is 1. The van der Waals surface area contributed by atoms with Crippen molar-refractivity contribution >= 4 is 40.2 Å². The molecule has 122 valence electrons. The van der Waals surface area contributed by atoms with Crippen molar-refractivity contribution in [2.45, 2.75) is 17.4 Å². The van der Waals surface area contributed by atoms with Crippen LogP contribution in [0.5, 0.6) is 0 Å². The molecule has 0 spiro atoms. The molecule has 0 radical (unpaired) electrons. The van der Waals surface area contributed by atoms with Gasteiger partial charge in [0.15, 0.2) is 5.76 Å². The van der Waals surface area contributed by atoms with Crippen LogP contribution in [0, 0.1) is 5.82 Å². The summed E-state index contributed by atoms with van der Waals surface area (Å²) in [6, 6.07) is 11.6. The molecule has 1 aromatic heterocycles. The molecule has 1 unspecified atom stereocenters. The van der Waals surface area contributed by atoms with Crippen LogP contribution in [0.2, 0.25) is 5.02 Å². The molecule has 3 aromatic rings. The highest BCUT2D eigenvalue weighted by Gasteiger charge is 2.25. The van der Waals surface area contributed by atoms with Crippen LogP contribution in [-0.4, -0.2) is 11.7 Å². The molecule has 0 saturated heterocycles. The average molecular weight is 362 g/mol. The lowest BCUT2D eigenvalue weighted by molar-refractivity contribution is 0.0909. The zero-order valence-corrected chi connectivity index (χ0v) is 14.1. The summed E-state index contributed by atoms with van der Waals surface area (Å²) in [7, 11) is 0. The maximum absolute atomic E-state index is 13.9. The highest BCUT2D eigenvalue weighted by atomic mass is 35.5. The second-order valence-corrected chi connectivity index (χ2v) is 7.16. The number of rotatable bonds is 2. The highest BCUT2D eigenvalue weighted by Crippen LogP contribution is 2.38. The van der Waals surface area contributed by atoms with Gasteiger partial charge in [-0.2, -0.15) is 0 Å². The fourth-order valence-corrected chi connectivity index (χ4v) is 4.21. The summed E-state index contributed by atoms with van der Waals surface area (Å²) in [5, 5.41) is 4.31.